The monoisotopic (exact) mass is 191 g/mol. The number of nitrogens with zero attached hydrogens (tertiary/aromatic N) is 1. The van der Waals surface area contributed by atoms with Crippen LogP contribution >= 0.6 is 0 Å². The Morgan fingerprint density at radius 1 is 1.43 bits per heavy atom. The zero-order chi connectivity index (χ0) is 9.97. The topological polar surface area (TPSA) is 50.1 Å². The fourth-order valence-corrected chi connectivity index (χ4v) is 1.34. The quantitative estimate of drug-likeness (QED) is 0.725. The van der Waals surface area contributed by atoms with Crippen molar-refractivity contribution in [2.45, 2.75) is 6.92 Å². The summed E-state index contributed by atoms with van der Waals surface area (Å²) in [5.41, 5.74) is 2.75. The van der Waals surface area contributed by atoms with Crippen LogP contribution in [0.15, 0.2) is 22.6 Å². The van der Waals surface area contributed by atoms with Gasteiger partial charge in [0.1, 0.15) is 5.52 Å². The Hall–Kier alpha value is -1.55. The minimum absolute atomic E-state index is 0.700. The van der Waals surface area contributed by atoms with Crippen LogP contribution in [0.3, 0.4) is 0 Å². The van der Waals surface area contributed by atoms with Crippen molar-refractivity contribution in [2.24, 2.45) is 0 Å². The molecule has 74 valence electrons. The number of benzene rings is 1. The standard InChI is InChI=1S/C10H13N3O/c1-7-13-9-4-3-8(12-6-11-2)5-10(9)14-7/h3-5,11-12H,6H2,1-2H3. The molecule has 4 nitrogen and oxygen atoms in total. The third-order valence-corrected chi connectivity index (χ3v) is 1.96. The van der Waals surface area contributed by atoms with Crippen molar-refractivity contribution in [2.75, 3.05) is 19.0 Å². The number of rotatable bonds is 3. The largest absolute Gasteiger partial charge is 0.441 e. The van der Waals surface area contributed by atoms with E-state index in [0.717, 1.165) is 23.5 Å². The number of aromatic nitrogens is 1. The number of anilines is 1. The van der Waals surface area contributed by atoms with E-state index >= 15 is 0 Å². The first kappa shape index (κ1) is 9.02. The van der Waals surface area contributed by atoms with Crippen molar-refractivity contribution >= 4 is 16.8 Å². The van der Waals surface area contributed by atoms with Crippen LogP contribution in [0.4, 0.5) is 5.69 Å². The van der Waals surface area contributed by atoms with Crippen LogP contribution in [0.25, 0.3) is 11.1 Å². The Labute approximate surface area is 82.3 Å². The van der Waals surface area contributed by atoms with E-state index in [0.29, 0.717) is 5.89 Å². The summed E-state index contributed by atoms with van der Waals surface area (Å²) in [5, 5.41) is 6.21. The summed E-state index contributed by atoms with van der Waals surface area (Å²) >= 11 is 0. The van der Waals surface area contributed by atoms with E-state index in [1.807, 2.05) is 32.2 Å². The van der Waals surface area contributed by atoms with E-state index in [2.05, 4.69) is 15.6 Å². The predicted octanol–water partition coefficient (Wildman–Crippen LogP) is 1.73. The predicted molar refractivity (Wildman–Crippen MR) is 56.3 cm³/mol. The van der Waals surface area contributed by atoms with Gasteiger partial charge in [-0.1, -0.05) is 0 Å². The number of aryl methyl sites for hydroxylation is 1. The number of fused-ring (bicyclic) bond motifs is 1. The zero-order valence-electron chi connectivity index (χ0n) is 8.29. The zero-order valence-corrected chi connectivity index (χ0v) is 8.29. The summed E-state index contributed by atoms with van der Waals surface area (Å²) in [6.07, 6.45) is 0. The van der Waals surface area contributed by atoms with Gasteiger partial charge in [-0.25, -0.2) is 4.98 Å². The Kier molecular flexibility index (Phi) is 2.37. The fraction of sp³-hybridized carbons (Fsp3) is 0.300. The molecular weight excluding hydrogens is 178 g/mol. The molecule has 0 saturated carbocycles. The molecule has 0 aliphatic rings. The van der Waals surface area contributed by atoms with Crippen LogP contribution in [-0.2, 0) is 0 Å². The molecule has 14 heavy (non-hydrogen) atoms. The van der Waals surface area contributed by atoms with E-state index in [1.54, 1.807) is 0 Å². The summed E-state index contributed by atoms with van der Waals surface area (Å²) < 4.78 is 5.42. The van der Waals surface area contributed by atoms with Gasteiger partial charge in [-0.05, 0) is 19.2 Å². The molecule has 1 aromatic heterocycles. The maximum absolute atomic E-state index is 5.42. The molecule has 0 amide bonds. The first-order valence-corrected chi connectivity index (χ1v) is 4.55. The van der Waals surface area contributed by atoms with E-state index in [4.69, 9.17) is 4.42 Å². The van der Waals surface area contributed by atoms with Crippen LogP contribution in [-0.4, -0.2) is 18.7 Å². The van der Waals surface area contributed by atoms with Gasteiger partial charge in [0.15, 0.2) is 11.5 Å². The summed E-state index contributed by atoms with van der Waals surface area (Å²) in [5.74, 6) is 0.700. The van der Waals surface area contributed by atoms with Crippen molar-refractivity contribution < 1.29 is 4.42 Å². The van der Waals surface area contributed by atoms with Crippen LogP contribution in [0.2, 0.25) is 0 Å². The molecule has 1 heterocycles. The number of hydrogen-bond donors (Lipinski definition) is 2. The maximum atomic E-state index is 5.42. The second-order valence-corrected chi connectivity index (χ2v) is 3.12. The van der Waals surface area contributed by atoms with Crippen LogP contribution in [0.5, 0.6) is 0 Å². The minimum atomic E-state index is 0.700. The van der Waals surface area contributed by atoms with Gasteiger partial charge >= 0.3 is 0 Å². The highest BCUT2D eigenvalue weighted by Gasteiger charge is 2.01. The summed E-state index contributed by atoms with van der Waals surface area (Å²) in [7, 11) is 1.89. The first-order chi connectivity index (χ1) is 6.79. The lowest BCUT2D eigenvalue weighted by atomic mass is 10.3. The molecule has 0 aliphatic carbocycles. The molecule has 0 atom stereocenters. The van der Waals surface area contributed by atoms with Gasteiger partial charge in [0.25, 0.3) is 0 Å². The summed E-state index contributed by atoms with van der Waals surface area (Å²) in [6.45, 7) is 2.58. The molecule has 0 fully saturated rings. The lowest BCUT2D eigenvalue weighted by Crippen LogP contribution is -2.16. The van der Waals surface area contributed by atoms with Crippen LogP contribution < -0.4 is 10.6 Å². The van der Waals surface area contributed by atoms with Gasteiger partial charge in [-0.2, -0.15) is 0 Å². The minimum Gasteiger partial charge on any atom is -0.441 e. The Morgan fingerprint density at radius 2 is 2.29 bits per heavy atom. The molecule has 1 aromatic carbocycles. The molecule has 0 saturated heterocycles. The number of oxazole rings is 1. The van der Waals surface area contributed by atoms with Crippen LogP contribution in [0.1, 0.15) is 5.89 Å². The van der Waals surface area contributed by atoms with Crippen molar-refractivity contribution in [3.05, 3.63) is 24.1 Å². The van der Waals surface area contributed by atoms with Gasteiger partial charge in [-0.3, -0.25) is 0 Å². The molecule has 2 aromatic rings. The second kappa shape index (κ2) is 3.67. The number of nitrogens with one attached hydrogen (secondary N) is 2. The average molecular weight is 191 g/mol. The third-order valence-electron chi connectivity index (χ3n) is 1.96. The number of hydrogen-bond acceptors (Lipinski definition) is 4. The van der Waals surface area contributed by atoms with Crippen molar-refractivity contribution in [1.29, 1.82) is 0 Å². The molecule has 0 radical (unpaired) electrons. The molecule has 4 heteroatoms. The van der Waals surface area contributed by atoms with Gasteiger partial charge in [0, 0.05) is 18.7 Å². The molecule has 0 spiro atoms. The SMILES string of the molecule is CNCNc1ccc2nc(C)oc2c1. The van der Waals surface area contributed by atoms with Crippen molar-refractivity contribution in [1.82, 2.24) is 10.3 Å². The van der Waals surface area contributed by atoms with Gasteiger partial charge < -0.3 is 15.1 Å². The highest BCUT2D eigenvalue weighted by atomic mass is 16.3. The van der Waals surface area contributed by atoms with E-state index < -0.39 is 0 Å². The molecule has 0 bridgehead atoms. The highest BCUT2D eigenvalue weighted by molar-refractivity contribution is 5.77. The van der Waals surface area contributed by atoms with Gasteiger partial charge in [-0.15, -0.1) is 0 Å². The summed E-state index contributed by atoms with van der Waals surface area (Å²) in [6, 6.07) is 5.89. The van der Waals surface area contributed by atoms with E-state index in [9.17, 15) is 0 Å². The lowest BCUT2D eigenvalue weighted by Gasteiger charge is -2.03. The van der Waals surface area contributed by atoms with E-state index in [1.165, 1.54) is 0 Å². The molecular formula is C10H13N3O. The molecule has 2 N–H and O–H groups in total. The Morgan fingerprint density at radius 3 is 3.07 bits per heavy atom. The fourth-order valence-electron chi connectivity index (χ4n) is 1.34. The van der Waals surface area contributed by atoms with E-state index in [-0.39, 0.29) is 0 Å². The Balaban J connectivity index is 2.31. The van der Waals surface area contributed by atoms with Gasteiger partial charge in [0.2, 0.25) is 0 Å². The third kappa shape index (κ3) is 1.70. The lowest BCUT2D eigenvalue weighted by molar-refractivity contribution is 0.561. The second-order valence-electron chi connectivity index (χ2n) is 3.12. The van der Waals surface area contributed by atoms with Crippen LogP contribution in [0, 0.1) is 6.92 Å². The molecule has 2 rings (SSSR count). The molecule has 0 aliphatic heterocycles. The molecule has 0 unspecified atom stereocenters. The first-order valence-electron chi connectivity index (χ1n) is 4.55. The van der Waals surface area contributed by atoms with Gasteiger partial charge in [0.05, 0.1) is 6.67 Å². The maximum Gasteiger partial charge on any atom is 0.192 e. The van der Waals surface area contributed by atoms with Crippen molar-refractivity contribution in [3.63, 3.8) is 0 Å². The highest BCUT2D eigenvalue weighted by Crippen LogP contribution is 2.19. The summed E-state index contributed by atoms with van der Waals surface area (Å²) in [4.78, 5) is 4.22. The normalized spacial score (nSPS) is 10.7. The van der Waals surface area contributed by atoms with Crippen molar-refractivity contribution in [3.8, 4) is 0 Å². The average Bonchev–Trinajstić information content (AvgIpc) is 2.54. The Bertz CT molecular complexity index is 436. The smallest absolute Gasteiger partial charge is 0.192 e.